The lowest BCUT2D eigenvalue weighted by Gasteiger charge is -2.05. The molecule has 0 saturated heterocycles. The monoisotopic (exact) mass is 182 g/mol. The molecule has 2 heterocycles. The number of aromatic nitrogens is 1. The van der Waals surface area contributed by atoms with E-state index in [1.54, 1.807) is 0 Å². The first-order valence-electron chi connectivity index (χ1n) is 4.25. The van der Waals surface area contributed by atoms with Crippen LogP contribution in [0.3, 0.4) is 0 Å². The molecular formula is C9H11ClN2. The fraction of sp³-hybridized carbons (Fsp3) is 0.444. The molecule has 2 nitrogen and oxygen atoms in total. The van der Waals surface area contributed by atoms with Crippen molar-refractivity contribution < 1.29 is 0 Å². The zero-order chi connectivity index (χ0) is 8.39. The predicted octanol–water partition coefficient (Wildman–Crippen LogP) is 2.48. The molecule has 2 rings (SSSR count). The van der Waals surface area contributed by atoms with Gasteiger partial charge in [-0.05, 0) is 31.4 Å². The van der Waals surface area contributed by atoms with E-state index in [1.165, 1.54) is 12.8 Å². The minimum Gasteiger partial charge on any atom is -0.384 e. The van der Waals surface area contributed by atoms with Crippen LogP contribution < -0.4 is 5.32 Å². The summed E-state index contributed by atoms with van der Waals surface area (Å²) in [6.45, 7) is 1.05. The van der Waals surface area contributed by atoms with Crippen LogP contribution in [0.15, 0.2) is 12.1 Å². The summed E-state index contributed by atoms with van der Waals surface area (Å²) >= 11 is 5.79. The summed E-state index contributed by atoms with van der Waals surface area (Å²) in [5, 5.41) is 3.93. The number of anilines is 1. The molecule has 0 aliphatic carbocycles. The van der Waals surface area contributed by atoms with Crippen LogP contribution in [0.25, 0.3) is 0 Å². The minimum absolute atomic E-state index is 0.595. The number of hydrogen-bond acceptors (Lipinski definition) is 2. The van der Waals surface area contributed by atoms with Crippen LogP contribution in [0.5, 0.6) is 0 Å². The second kappa shape index (κ2) is 3.31. The van der Waals surface area contributed by atoms with E-state index in [4.69, 9.17) is 11.6 Å². The van der Waals surface area contributed by atoms with E-state index in [-0.39, 0.29) is 0 Å². The molecule has 1 N–H and O–H groups in total. The Labute approximate surface area is 77.0 Å². The third-order valence-corrected chi connectivity index (χ3v) is 2.31. The van der Waals surface area contributed by atoms with E-state index >= 15 is 0 Å². The molecule has 0 amide bonds. The van der Waals surface area contributed by atoms with Gasteiger partial charge in [0.1, 0.15) is 5.15 Å². The Bertz CT molecular complexity index is 286. The number of aryl methyl sites for hydroxylation is 1. The van der Waals surface area contributed by atoms with Crippen molar-refractivity contribution in [3.63, 3.8) is 0 Å². The highest BCUT2D eigenvalue weighted by molar-refractivity contribution is 6.29. The Morgan fingerprint density at radius 2 is 2.25 bits per heavy atom. The van der Waals surface area contributed by atoms with Crippen LogP contribution in [-0.2, 0) is 6.42 Å². The van der Waals surface area contributed by atoms with Crippen molar-refractivity contribution in [1.29, 1.82) is 0 Å². The molecular weight excluding hydrogens is 172 g/mol. The Kier molecular flexibility index (Phi) is 2.17. The first-order chi connectivity index (χ1) is 5.86. The van der Waals surface area contributed by atoms with Crippen molar-refractivity contribution in [2.45, 2.75) is 19.3 Å². The Morgan fingerprint density at radius 1 is 1.33 bits per heavy atom. The van der Waals surface area contributed by atoms with Crippen LogP contribution in [-0.4, -0.2) is 11.5 Å². The van der Waals surface area contributed by atoms with E-state index in [9.17, 15) is 0 Å². The summed E-state index contributed by atoms with van der Waals surface area (Å²) in [5.41, 5.74) is 2.26. The van der Waals surface area contributed by atoms with Gasteiger partial charge in [0.05, 0.1) is 11.4 Å². The Morgan fingerprint density at radius 3 is 3.17 bits per heavy atom. The molecule has 0 saturated carbocycles. The molecule has 1 aliphatic heterocycles. The maximum Gasteiger partial charge on any atom is 0.129 e. The summed E-state index contributed by atoms with van der Waals surface area (Å²) < 4.78 is 0. The largest absolute Gasteiger partial charge is 0.384 e. The fourth-order valence-electron chi connectivity index (χ4n) is 1.47. The third kappa shape index (κ3) is 1.53. The molecule has 0 aromatic carbocycles. The van der Waals surface area contributed by atoms with Gasteiger partial charge in [0.25, 0.3) is 0 Å². The molecule has 0 bridgehead atoms. The van der Waals surface area contributed by atoms with Crippen molar-refractivity contribution in [1.82, 2.24) is 4.98 Å². The first-order valence-corrected chi connectivity index (χ1v) is 4.63. The lowest BCUT2D eigenvalue weighted by molar-refractivity contribution is 0.774. The Balaban J connectivity index is 2.36. The molecule has 0 atom stereocenters. The van der Waals surface area contributed by atoms with Crippen LogP contribution >= 0.6 is 11.6 Å². The zero-order valence-corrected chi connectivity index (χ0v) is 7.56. The number of fused-ring (bicyclic) bond motifs is 1. The normalized spacial score (nSPS) is 16.1. The highest BCUT2D eigenvalue weighted by Gasteiger charge is 2.07. The highest BCUT2D eigenvalue weighted by Crippen LogP contribution is 2.21. The van der Waals surface area contributed by atoms with Gasteiger partial charge in [0, 0.05) is 6.54 Å². The lowest BCUT2D eigenvalue weighted by atomic mass is 10.2. The van der Waals surface area contributed by atoms with Gasteiger partial charge in [-0.3, -0.25) is 0 Å². The number of pyridine rings is 1. The summed E-state index contributed by atoms with van der Waals surface area (Å²) in [4.78, 5) is 4.28. The average molecular weight is 183 g/mol. The molecule has 64 valence electrons. The van der Waals surface area contributed by atoms with Gasteiger partial charge in [-0.15, -0.1) is 0 Å². The minimum atomic E-state index is 0.595. The molecule has 12 heavy (non-hydrogen) atoms. The number of hydrogen-bond donors (Lipinski definition) is 1. The average Bonchev–Trinajstić information content (AvgIpc) is 2.28. The number of rotatable bonds is 0. The van der Waals surface area contributed by atoms with Crippen LogP contribution in [0.2, 0.25) is 5.15 Å². The van der Waals surface area contributed by atoms with Gasteiger partial charge in [-0.25, -0.2) is 4.98 Å². The SMILES string of the molecule is Clc1ccc2c(n1)CCCCN2. The summed E-state index contributed by atoms with van der Waals surface area (Å²) in [6.07, 6.45) is 3.46. The molecule has 1 aliphatic rings. The van der Waals surface area contributed by atoms with E-state index in [0.29, 0.717) is 5.15 Å². The summed E-state index contributed by atoms with van der Waals surface area (Å²) in [5.74, 6) is 0. The molecule has 1 aromatic heterocycles. The second-order valence-electron chi connectivity index (χ2n) is 3.01. The van der Waals surface area contributed by atoms with Crippen LogP contribution in [0.1, 0.15) is 18.5 Å². The lowest BCUT2D eigenvalue weighted by Crippen LogP contribution is -2.00. The molecule has 0 spiro atoms. The van der Waals surface area contributed by atoms with Gasteiger partial charge in [-0.1, -0.05) is 11.6 Å². The molecule has 0 fully saturated rings. The standard InChI is InChI=1S/C9H11ClN2/c10-9-5-4-7-8(12-9)3-1-2-6-11-7/h4-5,11H,1-3,6H2. The van der Waals surface area contributed by atoms with E-state index in [2.05, 4.69) is 10.3 Å². The highest BCUT2D eigenvalue weighted by atomic mass is 35.5. The van der Waals surface area contributed by atoms with Gasteiger partial charge in [0.2, 0.25) is 0 Å². The Hall–Kier alpha value is -0.760. The second-order valence-corrected chi connectivity index (χ2v) is 3.40. The molecule has 1 aromatic rings. The van der Waals surface area contributed by atoms with Gasteiger partial charge in [0.15, 0.2) is 0 Å². The quantitative estimate of drug-likeness (QED) is 0.624. The maximum absolute atomic E-state index is 5.79. The number of nitrogens with one attached hydrogen (secondary N) is 1. The van der Waals surface area contributed by atoms with Crippen molar-refractivity contribution in [2.24, 2.45) is 0 Å². The van der Waals surface area contributed by atoms with Gasteiger partial charge < -0.3 is 5.32 Å². The van der Waals surface area contributed by atoms with Crippen LogP contribution in [0.4, 0.5) is 5.69 Å². The van der Waals surface area contributed by atoms with E-state index in [1.807, 2.05) is 12.1 Å². The number of nitrogens with zero attached hydrogens (tertiary/aromatic N) is 1. The van der Waals surface area contributed by atoms with Crippen LogP contribution in [0, 0.1) is 0 Å². The smallest absolute Gasteiger partial charge is 0.129 e. The van der Waals surface area contributed by atoms with Crippen molar-refractivity contribution in [3.8, 4) is 0 Å². The predicted molar refractivity (Wildman–Crippen MR) is 50.7 cm³/mol. The number of halogens is 1. The van der Waals surface area contributed by atoms with Gasteiger partial charge >= 0.3 is 0 Å². The van der Waals surface area contributed by atoms with E-state index in [0.717, 1.165) is 24.3 Å². The van der Waals surface area contributed by atoms with Crippen molar-refractivity contribution in [3.05, 3.63) is 23.0 Å². The van der Waals surface area contributed by atoms with Crippen molar-refractivity contribution >= 4 is 17.3 Å². The van der Waals surface area contributed by atoms with Crippen molar-refractivity contribution in [2.75, 3.05) is 11.9 Å². The summed E-state index contributed by atoms with van der Waals surface area (Å²) in [6, 6.07) is 3.84. The fourth-order valence-corrected chi connectivity index (χ4v) is 1.63. The van der Waals surface area contributed by atoms with E-state index < -0.39 is 0 Å². The topological polar surface area (TPSA) is 24.9 Å². The molecule has 3 heteroatoms. The molecule has 0 unspecified atom stereocenters. The third-order valence-electron chi connectivity index (χ3n) is 2.10. The maximum atomic E-state index is 5.79. The zero-order valence-electron chi connectivity index (χ0n) is 6.81. The summed E-state index contributed by atoms with van der Waals surface area (Å²) in [7, 11) is 0. The van der Waals surface area contributed by atoms with Gasteiger partial charge in [-0.2, -0.15) is 0 Å². The first kappa shape index (κ1) is 7.87. The molecule has 0 radical (unpaired) electrons.